The lowest BCUT2D eigenvalue weighted by molar-refractivity contribution is 0.180. The van der Waals surface area contributed by atoms with Crippen LogP contribution in [0.1, 0.15) is 23.8 Å². The highest BCUT2D eigenvalue weighted by molar-refractivity contribution is 5.79. The van der Waals surface area contributed by atoms with E-state index in [0.29, 0.717) is 12.4 Å². The molecule has 0 bridgehead atoms. The number of hydrogen-bond acceptors (Lipinski definition) is 5. The number of likely N-dealkylation sites (N-methyl/N-ethyl adjacent to an activating group) is 1. The highest BCUT2D eigenvalue weighted by Gasteiger charge is 2.06. The second kappa shape index (κ2) is 10.2. The summed E-state index contributed by atoms with van der Waals surface area (Å²) in [6.45, 7) is 7.98. The van der Waals surface area contributed by atoms with Crippen LogP contribution in [0.2, 0.25) is 0 Å². The maximum Gasteiger partial charge on any atom is 0.214 e. The van der Waals surface area contributed by atoms with Gasteiger partial charge in [-0.1, -0.05) is 0 Å². The Bertz CT molecular complexity index is 439. The van der Waals surface area contributed by atoms with Gasteiger partial charge in [0.1, 0.15) is 5.76 Å². The van der Waals surface area contributed by atoms with E-state index in [4.69, 9.17) is 9.15 Å². The molecule has 0 saturated carbocycles. The fraction of sp³-hybridized carbons (Fsp3) is 0.733. The van der Waals surface area contributed by atoms with Crippen LogP contribution in [-0.4, -0.2) is 63.3 Å². The number of aryl methyl sites for hydroxylation is 2. The van der Waals surface area contributed by atoms with E-state index in [1.165, 1.54) is 0 Å². The zero-order valence-corrected chi connectivity index (χ0v) is 14.4. The minimum atomic E-state index is 0.526. The Labute approximate surface area is 133 Å². The van der Waals surface area contributed by atoms with E-state index in [2.05, 4.69) is 32.6 Å². The molecule has 0 spiro atoms. The van der Waals surface area contributed by atoms with Crippen molar-refractivity contribution >= 4 is 5.96 Å². The summed E-state index contributed by atoms with van der Waals surface area (Å²) >= 11 is 0. The van der Waals surface area contributed by atoms with Crippen molar-refractivity contribution in [2.24, 2.45) is 4.99 Å². The monoisotopic (exact) mass is 311 g/mol. The van der Waals surface area contributed by atoms with E-state index >= 15 is 0 Å². The molecule has 7 nitrogen and oxygen atoms in total. The smallest absolute Gasteiger partial charge is 0.214 e. The first-order chi connectivity index (χ1) is 10.6. The van der Waals surface area contributed by atoms with Crippen molar-refractivity contribution in [2.45, 2.75) is 26.8 Å². The fourth-order valence-electron chi connectivity index (χ4n) is 1.95. The molecule has 2 N–H and O–H groups in total. The number of nitrogens with zero attached hydrogens (tertiary/aromatic N) is 3. The van der Waals surface area contributed by atoms with Crippen LogP contribution in [0.25, 0.3) is 0 Å². The Morgan fingerprint density at radius 1 is 1.32 bits per heavy atom. The summed E-state index contributed by atoms with van der Waals surface area (Å²) < 4.78 is 10.6. The van der Waals surface area contributed by atoms with Crippen LogP contribution in [0.4, 0.5) is 0 Å². The number of guanidine groups is 1. The second-order valence-corrected chi connectivity index (χ2v) is 5.25. The van der Waals surface area contributed by atoms with Gasteiger partial charge in [-0.15, -0.1) is 0 Å². The molecule has 0 aliphatic carbocycles. The standard InChI is InChI=1S/C15H29N5O2/c1-12-13(2)22-14(19-12)11-18-15(16-3)17-7-9-20(4)8-6-10-21-5/h6-11H2,1-5H3,(H2,16,17,18). The number of rotatable bonds is 9. The van der Waals surface area contributed by atoms with Crippen molar-refractivity contribution in [2.75, 3.05) is 47.4 Å². The number of aromatic nitrogens is 1. The summed E-state index contributed by atoms with van der Waals surface area (Å²) in [5.41, 5.74) is 0.928. The highest BCUT2D eigenvalue weighted by atomic mass is 16.5. The molecule has 1 heterocycles. The number of hydrogen-bond donors (Lipinski definition) is 2. The van der Waals surface area contributed by atoms with Gasteiger partial charge in [-0.05, 0) is 27.3 Å². The molecular weight excluding hydrogens is 282 g/mol. The van der Waals surface area contributed by atoms with Gasteiger partial charge in [0.2, 0.25) is 5.89 Å². The Morgan fingerprint density at radius 3 is 2.68 bits per heavy atom. The van der Waals surface area contributed by atoms with Crippen LogP contribution < -0.4 is 10.6 Å². The fourth-order valence-corrected chi connectivity index (χ4v) is 1.95. The Morgan fingerprint density at radius 2 is 2.09 bits per heavy atom. The molecule has 1 aromatic rings. The summed E-state index contributed by atoms with van der Waals surface area (Å²) in [5.74, 6) is 2.28. The number of aliphatic imine (C=N–C) groups is 1. The Kier molecular flexibility index (Phi) is 8.54. The molecule has 0 aliphatic heterocycles. The predicted molar refractivity (Wildman–Crippen MR) is 88.2 cm³/mol. The number of ether oxygens (including phenoxy) is 1. The summed E-state index contributed by atoms with van der Waals surface area (Å²) in [4.78, 5) is 10.8. The Hall–Kier alpha value is -1.60. The van der Waals surface area contributed by atoms with Crippen molar-refractivity contribution in [1.82, 2.24) is 20.5 Å². The third kappa shape index (κ3) is 6.91. The molecule has 0 aromatic carbocycles. The van der Waals surface area contributed by atoms with Gasteiger partial charge < -0.3 is 24.7 Å². The lowest BCUT2D eigenvalue weighted by Crippen LogP contribution is -2.40. The minimum absolute atomic E-state index is 0.526. The van der Waals surface area contributed by atoms with E-state index in [0.717, 1.165) is 50.1 Å². The SMILES string of the molecule is CN=C(NCCN(C)CCCOC)NCc1nc(C)c(C)o1. The maximum atomic E-state index is 5.53. The topological polar surface area (TPSA) is 74.9 Å². The highest BCUT2D eigenvalue weighted by Crippen LogP contribution is 2.07. The molecule has 1 rings (SSSR count). The van der Waals surface area contributed by atoms with E-state index < -0.39 is 0 Å². The molecule has 1 aromatic heterocycles. The summed E-state index contributed by atoms with van der Waals surface area (Å²) in [6.07, 6.45) is 1.04. The third-order valence-electron chi connectivity index (χ3n) is 3.38. The molecule has 0 atom stereocenters. The van der Waals surface area contributed by atoms with Crippen LogP contribution in [0.15, 0.2) is 9.41 Å². The molecule has 126 valence electrons. The zero-order valence-electron chi connectivity index (χ0n) is 14.4. The Balaban J connectivity index is 2.22. The van der Waals surface area contributed by atoms with Gasteiger partial charge in [0, 0.05) is 40.4 Å². The molecule has 0 radical (unpaired) electrons. The normalized spacial score (nSPS) is 12.0. The molecule has 0 amide bonds. The minimum Gasteiger partial charge on any atom is -0.444 e. The molecule has 22 heavy (non-hydrogen) atoms. The summed E-state index contributed by atoms with van der Waals surface area (Å²) in [5, 5.41) is 6.48. The third-order valence-corrected chi connectivity index (χ3v) is 3.38. The van der Waals surface area contributed by atoms with Gasteiger partial charge in [0.05, 0.1) is 12.2 Å². The van der Waals surface area contributed by atoms with Crippen LogP contribution in [0, 0.1) is 13.8 Å². The van der Waals surface area contributed by atoms with Gasteiger partial charge in [-0.25, -0.2) is 4.98 Å². The summed E-state index contributed by atoms with van der Waals surface area (Å²) in [7, 11) is 5.59. The molecule has 0 saturated heterocycles. The molecule has 0 unspecified atom stereocenters. The van der Waals surface area contributed by atoms with Crippen molar-refractivity contribution in [1.29, 1.82) is 0 Å². The lowest BCUT2D eigenvalue weighted by atomic mass is 10.4. The van der Waals surface area contributed by atoms with Gasteiger partial charge in [-0.2, -0.15) is 0 Å². The van der Waals surface area contributed by atoms with E-state index in [-0.39, 0.29) is 0 Å². The first-order valence-corrected chi connectivity index (χ1v) is 7.61. The van der Waals surface area contributed by atoms with Crippen molar-refractivity contribution in [3.63, 3.8) is 0 Å². The second-order valence-electron chi connectivity index (χ2n) is 5.25. The van der Waals surface area contributed by atoms with Crippen LogP contribution in [0.3, 0.4) is 0 Å². The lowest BCUT2D eigenvalue weighted by Gasteiger charge is -2.17. The molecule has 7 heteroatoms. The van der Waals surface area contributed by atoms with Crippen LogP contribution in [-0.2, 0) is 11.3 Å². The van der Waals surface area contributed by atoms with Gasteiger partial charge >= 0.3 is 0 Å². The molecule has 0 fully saturated rings. The first kappa shape index (κ1) is 18.4. The number of nitrogens with one attached hydrogen (secondary N) is 2. The number of methoxy groups -OCH3 is 1. The summed E-state index contributed by atoms with van der Waals surface area (Å²) in [6, 6.07) is 0. The van der Waals surface area contributed by atoms with Gasteiger partial charge in [-0.3, -0.25) is 4.99 Å². The predicted octanol–water partition coefficient (Wildman–Crippen LogP) is 0.925. The van der Waals surface area contributed by atoms with Gasteiger partial charge in [0.25, 0.3) is 0 Å². The molecule has 0 aliphatic rings. The zero-order chi connectivity index (χ0) is 16.4. The molecular formula is C15H29N5O2. The van der Waals surface area contributed by atoms with Crippen molar-refractivity contribution in [3.05, 3.63) is 17.3 Å². The average molecular weight is 311 g/mol. The maximum absolute atomic E-state index is 5.53. The van der Waals surface area contributed by atoms with Crippen molar-refractivity contribution < 1.29 is 9.15 Å². The number of oxazole rings is 1. The van der Waals surface area contributed by atoms with E-state index in [9.17, 15) is 0 Å². The van der Waals surface area contributed by atoms with Crippen molar-refractivity contribution in [3.8, 4) is 0 Å². The van der Waals surface area contributed by atoms with E-state index in [1.807, 2.05) is 13.8 Å². The quantitative estimate of drug-likeness (QED) is 0.401. The van der Waals surface area contributed by atoms with E-state index in [1.54, 1.807) is 14.2 Å². The van der Waals surface area contributed by atoms with Gasteiger partial charge in [0.15, 0.2) is 5.96 Å². The first-order valence-electron chi connectivity index (χ1n) is 7.61. The van der Waals surface area contributed by atoms with Crippen LogP contribution >= 0.6 is 0 Å². The average Bonchev–Trinajstić information content (AvgIpc) is 2.81. The largest absolute Gasteiger partial charge is 0.444 e. The van der Waals surface area contributed by atoms with Crippen LogP contribution in [0.5, 0.6) is 0 Å².